The Labute approximate surface area is 177 Å². The largest absolute Gasteiger partial charge is 0.381 e. The van der Waals surface area contributed by atoms with Gasteiger partial charge in [-0.25, -0.2) is 0 Å². The Morgan fingerprint density at radius 3 is 2.31 bits per heavy atom. The lowest BCUT2D eigenvalue weighted by Gasteiger charge is -2.61. The predicted octanol–water partition coefficient (Wildman–Crippen LogP) is 5.24. The zero-order valence-electron chi connectivity index (χ0n) is 19.2. The summed E-state index contributed by atoms with van der Waals surface area (Å²) in [5.41, 5.74) is 0.586. The first-order valence-corrected chi connectivity index (χ1v) is 12.2. The van der Waals surface area contributed by atoms with Gasteiger partial charge < -0.3 is 14.2 Å². The Balaban J connectivity index is 1.58. The highest BCUT2D eigenvalue weighted by Gasteiger charge is 2.61. The number of methoxy groups -OCH3 is 1. The van der Waals surface area contributed by atoms with E-state index in [2.05, 4.69) is 13.8 Å². The van der Waals surface area contributed by atoms with E-state index in [4.69, 9.17) is 14.2 Å². The zero-order chi connectivity index (χ0) is 20.8. The van der Waals surface area contributed by atoms with Crippen LogP contribution in [0.1, 0.15) is 79.1 Å². The predicted molar refractivity (Wildman–Crippen MR) is 113 cm³/mol. The fourth-order valence-electron chi connectivity index (χ4n) is 8.37. The van der Waals surface area contributed by atoms with Crippen molar-refractivity contribution < 1.29 is 19.0 Å². The molecular weight excluding hydrogens is 364 g/mol. The molecule has 3 unspecified atom stereocenters. The topological polar surface area (TPSA) is 44.8 Å². The summed E-state index contributed by atoms with van der Waals surface area (Å²) in [4.78, 5) is 13.1. The minimum atomic E-state index is -0.367. The second-order valence-corrected chi connectivity index (χ2v) is 10.8. The van der Waals surface area contributed by atoms with Crippen LogP contribution in [0.25, 0.3) is 0 Å². The molecule has 4 rings (SSSR count). The van der Waals surface area contributed by atoms with Crippen molar-refractivity contribution >= 4 is 5.78 Å². The van der Waals surface area contributed by atoms with Gasteiger partial charge in [-0.1, -0.05) is 13.8 Å². The molecule has 4 saturated carbocycles. The molecule has 0 spiro atoms. The smallest absolute Gasteiger partial charge is 0.167 e. The highest BCUT2D eigenvalue weighted by Crippen LogP contribution is 2.66. The van der Waals surface area contributed by atoms with Crippen LogP contribution in [0, 0.1) is 40.4 Å². The van der Waals surface area contributed by atoms with Crippen LogP contribution in [0.15, 0.2) is 0 Å². The van der Waals surface area contributed by atoms with E-state index in [0.717, 1.165) is 30.6 Å². The maximum atomic E-state index is 13.1. The minimum Gasteiger partial charge on any atom is -0.381 e. The molecule has 4 heteroatoms. The number of rotatable bonds is 6. The van der Waals surface area contributed by atoms with Crippen molar-refractivity contribution in [2.24, 2.45) is 40.4 Å². The maximum Gasteiger partial charge on any atom is 0.167 e. The van der Waals surface area contributed by atoms with Gasteiger partial charge in [-0.2, -0.15) is 0 Å². The van der Waals surface area contributed by atoms with Crippen LogP contribution < -0.4 is 0 Å². The summed E-state index contributed by atoms with van der Waals surface area (Å²) in [6.07, 6.45) is 9.36. The Morgan fingerprint density at radius 1 is 0.966 bits per heavy atom. The highest BCUT2D eigenvalue weighted by atomic mass is 16.7. The zero-order valence-corrected chi connectivity index (χ0v) is 19.2. The van der Waals surface area contributed by atoms with E-state index >= 15 is 0 Å². The molecule has 0 amide bonds. The van der Waals surface area contributed by atoms with E-state index in [1.54, 1.807) is 0 Å². The molecule has 4 nitrogen and oxygen atoms in total. The molecule has 4 aliphatic rings. The van der Waals surface area contributed by atoms with E-state index in [9.17, 15) is 4.79 Å². The van der Waals surface area contributed by atoms with Crippen LogP contribution in [0.4, 0.5) is 0 Å². The molecule has 0 aromatic heterocycles. The summed E-state index contributed by atoms with van der Waals surface area (Å²) in [5.74, 6) is 3.13. The third kappa shape index (κ3) is 3.42. The average Bonchev–Trinajstić information content (AvgIpc) is 3.04. The fourth-order valence-corrected chi connectivity index (χ4v) is 8.37. The number of fused-ring (bicyclic) bond motifs is 5. The summed E-state index contributed by atoms with van der Waals surface area (Å²) >= 11 is 0. The second kappa shape index (κ2) is 8.24. The number of hydrogen-bond acceptors (Lipinski definition) is 4. The van der Waals surface area contributed by atoms with Crippen LogP contribution >= 0.6 is 0 Å². The standard InChI is InChI=1S/C25H42O4/c1-6-28-23(29-7-2)18-15-25(4)16(14-21(18)26)8-9-17-19-10-11-22(27-5)24(19,3)13-12-20(17)25/h16-20,22-23H,6-15H2,1-5H3/t16?,17-,18?,19-,20+,22?,24-,25-/m0/s1. The molecule has 0 saturated heterocycles. The van der Waals surface area contributed by atoms with Crippen molar-refractivity contribution in [3.05, 3.63) is 0 Å². The fraction of sp³-hybridized carbons (Fsp3) is 0.960. The van der Waals surface area contributed by atoms with Crippen molar-refractivity contribution in [3.63, 3.8) is 0 Å². The van der Waals surface area contributed by atoms with E-state index in [-0.39, 0.29) is 17.6 Å². The van der Waals surface area contributed by atoms with Gasteiger partial charge in [0.2, 0.25) is 0 Å². The maximum absolute atomic E-state index is 13.1. The Hall–Kier alpha value is -0.450. The molecule has 0 N–H and O–H groups in total. The van der Waals surface area contributed by atoms with Gasteiger partial charge in [-0.05, 0) is 93.3 Å². The minimum absolute atomic E-state index is 0.0986. The van der Waals surface area contributed by atoms with Gasteiger partial charge in [0.1, 0.15) is 5.78 Å². The quantitative estimate of drug-likeness (QED) is 0.566. The number of carbonyl (C=O) groups is 1. The lowest BCUT2D eigenvalue weighted by Crippen LogP contribution is -2.56. The number of ketones is 1. The average molecular weight is 407 g/mol. The monoisotopic (exact) mass is 406 g/mol. The van der Waals surface area contributed by atoms with Crippen molar-refractivity contribution in [1.82, 2.24) is 0 Å². The Kier molecular flexibility index (Phi) is 6.18. The van der Waals surface area contributed by atoms with Gasteiger partial charge in [-0.3, -0.25) is 4.79 Å². The van der Waals surface area contributed by atoms with Crippen molar-refractivity contribution in [2.75, 3.05) is 20.3 Å². The number of ether oxygens (including phenoxy) is 3. The van der Waals surface area contributed by atoms with Gasteiger partial charge in [0, 0.05) is 26.7 Å². The summed E-state index contributed by atoms with van der Waals surface area (Å²) in [7, 11) is 1.90. The van der Waals surface area contributed by atoms with Gasteiger partial charge in [0.15, 0.2) is 6.29 Å². The van der Waals surface area contributed by atoms with Gasteiger partial charge >= 0.3 is 0 Å². The lowest BCUT2D eigenvalue weighted by atomic mass is 9.44. The first-order valence-electron chi connectivity index (χ1n) is 12.2. The summed E-state index contributed by atoms with van der Waals surface area (Å²) in [6.45, 7) is 10.2. The molecule has 0 aromatic carbocycles. The third-order valence-electron chi connectivity index (χ3n) is 9.77. The number of carbonyl (C=O) groups excluding carboxylic acids is 1. The Morgan fingerprint density at radius 2 is 1.66 bits per heavy atom. The number of Topliss-reactive ketones (excluding diaryl/α,β-unsaturated/α-hetero) is 1. The van der Waals surface area contributed by atoms with Crippen molar-refractivity contribution in [2.45, 2.75) is 91.5 Å². The molecule has 8 atom stereocenters. The molecule has 29 heavy (non-hydrogen) atoms. The molecular formula is C25H42O4. The summed E-state index contributed by atoms with van der Waals surface area (Å²) in [5, 5.41) is 0. The van der Waals surface area contributed by atoms with Crippen LogP contribution in [0.5, 0.6) is 0 Å². The Bertz CT molecular complexity index is 600. The van der Waals surface area contributed by atoms with Crippen molar-refractivity contribution in [1.29, 1.82) is 0 Å². The second-order valence-electron chi connectivity index (χ2n) is 10.8. The molecule has 0 aromatic rings. The molecule has 166 valence electrons. The van der Waals surface area contributed by atoms with Crippen LogP contribution in [0.3, 0.4) is 0 Å². The van der Waals surface area contributed by atoms with Crippen LogP contribution in [0.2, 0.25) is 0 Å². The van der Waals surface area contributed by atoms with Gasteiger partial charge in [-0.15, -0.1) is 0 Å². The van der Waals surface area contributed by atoms with E-state index in [1.165, 1.54) is 38.5 Å². The molecule has 0 bridgehead atoms. The van der Waals surface area contributed by atoms with Crippen LogP contribution in [-0.2, 0) is 19.0 Å². The third-order valence-corrected chi connectivity index (χ3v) is 9.77. The SMILES string of the molecule is CCOC(OCC)C1C[C@@]2(C)C(CC[C@@H]3[C@H]2CC[C@]2(C)C(OC)CC[C@@H]32)CC1=O. The van der Waals surface area contributed by atoms with Gasteiger partial charge in [0.25, 0.3) is 0 Å². The first kappa shape index (κ1) is 21.8. The van der Waals surface area contributed by atoms with E-state index in [0.29, 0.717) is 36.4 Å². The van der Waals surface area contributed by atoms with E-state index < -0.39 is 0 Å². The van der Waals surface area contributed by atoms with E-state index in [1.807, 2.05) is 21.0 Å². The molecule has 4 fully saturated rings. The molecule has 0 aliphatic heterocycles. The van der Waals surface area contributed by atoms with Crippen LogP contribution in [-0.4, -0.2) is 38.5 Å². The normalized spacial score (nSPS) is 47.0. The van der Waals surface area contributed by atoms with Gasteiger partial charge in [0.05, 0.1) is 12.0 Å². The summed E-state index contributed by atoms with van der Waals surface area (Å²) in [6, 6.07) is 0. The molecule has 0 heterocycles. The highest BCUT2D eigenvalue weighted by molar-refractivity contribution is 5.82. The molecule has 4 aliphatic carbocycles. The lowest BCUT2D eigenvalue weighted by molar-refractivity contribution is -0.200. The first-order chi connectivity index (χ1) is 13.9. The van der Waals surface area contributed by atoms with Crippen molar-refractivity contribution in [3.8, 4) is 0 Å². The summed E-state index contributed by atoms with van der Waals surface area (Å²) < 4.78 is 17.7. The number of hydrogen-bond donors (Lipinski definition) is 0. The molecule has 0 radical (unpaired) electrons.